The van der Waals surface area contributed by atoms with Gasteiger partial charge in [0.25, 0.3) is 5.91 Å². The molecule has 3 aromatic rings. The van der Waals surface area contributed by atoms with E-state index in [1.165, 1.54) is 6.20 Å². The van der Waals surface area contributed by atoms with Gasteiger partial charge in [0.15, 0.2) is 12.4 Å². The maximum atomic E-state index is 12.6. The molecule has 3 rings (SSSR count). The molecule has 0 fully saturated rings. The Morgan fingerprint density at radius 3 is 2.19 bits per heavy atom. The highest BCUT2D eigenvalue weighted by Gasteiger charge is 2.17. The van der Waals surface area contributed by atoms with E-state index in [0.29, 0.717) is 5.82 Å². The van der Waals surface area contributed by atoms with Gasteiger partial charge in [-0.3, -0.25) is 4.79 Å². The van der Waals surface area contributed by atoms with E-state index >= 15 is 0 Å². The molecule has 0 radical (unpaired) electrons. The van der Waals surface area contributed by atoms with E-state index < -0.39 is 5.97 Å². The second kappa shape index (κ2) is 9.77. The summed E-state index contributed by atoms with van der Waals surface area (Å²) in [5, 5.41) is 7.32. The van der Waals surface area contributed by atoms with Gasteiger partial charge in [0, 0.05) is 17.6 Å². The number of anilines is 1. The number of carbonyl (C=O) groups is 2. The van der Waals surface area contributed by atoms with Gasteiger partial charge in [-0.1, -0.05) is 45.9 Å². The van der Waals surface area contributed by atoms with Crippen LogP contribution < -0.4 is 5.32 Å². The minimum Gasteiger partial charge on any atom is -0.452 e. The molecule has 0 aliphatic rings. The Bertz CT molecular complexity index is 1090. The molecule has 32 heavy (non-hydrogen) atoms. The first-order valence-corrected chi connectivity index (χ1v) is 10.8. The van der Waals surface area contributed by atoms with Gasteiger partial charge in [-0.2, -0.15) is 5.10 Å². The van der Waals surface area contributed by atoms with Crippen molar-refractivity contribution in [2.75, 3.05) is 11.9 Å². The lowest BCUT2D eigenvalue weighted by atomic mass is 9.92. The van der Waals surface area contributed by atoms with Gasteiger partial charge in [-0.25, -0.2) is 14.5 Å². The topological polar surface area (TPSA) is 86.1 Å². The predicted molar refractivity (Wildman–Crippen MR) is 124 cm³/mol. The third kappa shape index (κ3) is 5.22. The van der Waals surface area contributed by atoms with Crippen molar-refractivity contribution in [1.29, 1.82) is 0 Å². The summed E-state index contributed by atoms with van der Waals surface area (Å²) < 4.78 is 6.93. The number of pyridine rings is 1. The maximum Gasteiger partial charge on any atom is 0.340 e. The molecule has 0 atom stereocenters. The monoisotopic (exact) mass is 434 g/mol. The lowest BCUT2D eigenvalue weighted by Crippen LogP contribution is -2.22. The van der Waals surface area contributed by atoms with E-state index in [1.807, 2.05) is 38.1 Å². The van der Waals surface area contributed by atoms with Gasteiger partial charge in [0.05, 0.1) is 11.3 Å². The average molecular weight is 435 g/mol. The number of aryl methyl sites for hydroxylation is 2. The third-order valence-corrected chi connectivity index (χ3v) is 5.18. The largest absolute Gasteiger partial charge is 0.452 e. The van der Waals surface area contributed by atoms with E-state index in [2.05, 4.69) is 43.1 Å². The Labute approximate surface area is 188 Å². The summed E-state index contributed by atoms with van der Waals surface area (Å²) in [7, 11) is 0. The highest BCUT2D eigenvalue weighted by Crippen LogP contribution is 2.32. The van der Waals surface area contributed by atoms with Crippen molar-refractivity contribution in [3.05, 3.63) is 70.7 Å². The highest BCUT2D eigenvalue weighted by atomic mass is 16.5. The van der Waals surface area contributed by atoms with Crippen LogP contribution in [0.15, 0.2) is 42.6 Å². The molecule has 0 spiro atoms. The predicted octanol–water partition coefficient (Wildman–Crippen LogP) is 4.93. The summed E-state index contributed by atoms with van der Waals surface area (Å²) in [5.74, 6) is 0.127. The molecule has 2 heterocycles. The molecule has 1 amide bonds. The van der Waals surface area contributed by atoms with Crippen LogP contribution in [0.3, 0.4) is 0 Å². The Hall–Kier alpha value is -3.48. The van der Waals surface area contributed by atoms with E-state index in [0.717, 1.165) is 28.2 Å². The van der Waals surface area contributed by atoms with Gasteiger partial charge in [-0.05, 0) is 55.0 Å². The molecule has 0 aliphatic carbocycles. The highest BCUT2D eigenvalue weighted by molar-refractivity contribution is 5.96. The quantitative estimate of drug-likeness (QED) is 0.533. The summed E-state index contributed by atoms with van der Waals surface area (Å²) >= 11 is 0. The SMILES string of the molecule is Cc1cc(C)n(-c2ccc(C(=O)OCC(=O)Nc3c(C(C)C)cccc3C(C)C)cn2)n1. The van der Waals surface area contributed by atoms with Gasteiger partial charge < -0.3 is 10.1 Å². The average Bonchev–Trinajstić information content (AvgIpc) is 3.09. The number of ether oxygens (including phenoxy) is 1. The second-order valence-electron chi connectivity index (χ2n) is 8.49. The summed E-state index contributed by atoms with van der Waals surface area (Å²) in [6.45, 7) is 11.8. The minimum absolute atomic E-state index is 0.248. The van der Waals surface area contributed by atoms with Crippen LogP contribution in [0.2, 0.25) is 0 Å². The van der Waals surface area contributed by atoms with Crippen molar-refractivity contribution in [2.24, 2.45) is 0 Å². The van der Waals surface area contributed by atoms with Crippen molar-refractivity contribution in [2.45, 2.75) is 53.4 Å². The zero-order valence-corrected chi connectivity index (χ0v) is 19.5. The molecule has 0 aliphatic heterocycles. The Balaban J connectivity index is 1.66. The zero-order valence-electron chi connectivity index (χ0n) is 19.5. The molecule has 7 heteroatoms. The van der Waals surface area contributed by atoms with E-state index in [1.54, 1.807) is 16.8 Å². The first-order chi connectivity index (χ1) is 15.2. The number of hydrogen-bond acceptors (Lipinski definition) is 5. The van der Waals surface area contributed by atoms with Crippen LogP contribution in [-0.4, -0.2) is 33.2 Å². The fraction of sp³-hybridized carbons (Fsp3) is 0.360. The molecule has 0 saturated carbocycles. The lowest BCUT2D eigenvalue weighted by molar-refractivity contribution is -0.119. The zero-order chi connectivity index (χ0) is 23.4. The molecule has 2 aromatic heterocycles. The van der Waals surface area contributed by atoms with E-state index in [-0.39, 0.29) is 29.9 Å². The summed E-state index contributed by atoms with van der Waals surface area (Å²) in [5.41, 5.74) is 5.02. The van der Waals surface area contributed by atoms with Crippen LogP contribution >= 0.6 is 0 Å². The van der Waals surface area contributed by atoms with Crippen LogP contribution in [0.25, 0.3) is 5.82 Å². The number of benzene rings is 1. The van der Waals surface area contributed by atoms with Crippen molar-refractivity contribution < 1.29 is 14.3 Å². The molecule has 0 unspecified atom stereocenters. The number of esters is 1. The number of rotatable bonds is 7. The summed E-state index contributed by atoms with van der Waals surface area (Å²) in [4.78, 5) is 29.3. The molecule has 0 saturated heterocycles. The first-order valence-electron chi connectivity index (χ1n) is 10.8. The molecule has 168 valence electrons. The number of nitrogens with zero attached hydrogens (tertiary/aromatic N) is 3. The van der Waals surface area contributed by atoms with Crippen molar-refractivity contribution >= 4 is 17.6 Å². The maximum absolute atomic E-state index is 12.6. The van der Waals surface area contributed by atoms with Crippen LogP contribution in [0.1, 0.15) is 72.4 Å². The number of nitrogens with one attached hydrogen (secondary N) is 1. The normalized spacial score (nSPS) is 11.1. The molecule has 1 N–H and O–H groups in total. The third-order valence-electron chi connectivity index (χ3n) is 5.18. The second-order valence-corrected chi connectivity index (χ2v) is 8.49. The van der Waals surface area contributed by atoms with Crippen LogP contribution in [-0.2, 0) is 9.53 Å². The van der Waals surface area contributed by atoms with Crippen molar-refractivity contribution in [3.8, 4) is 5.82 Å². The first kappa shape index (κ1) is 23.2. The fourth-order valence-corrected chi connectivity index (χ4v) is 3.58. The fourth-order valence-electron chi connectivity index (χ4n) is 3.58. The van der Waals surface area contributed by atoms with Gasteiger partial charge in [-0.15, -0.1) is 0 Å². The summed E-state index contributed by atoms with van der Waals surface area (Å²) in [6, 6.07) is 11.3. The Kier molecular flexibility index (Phi) is 7.08. The van der Waals surface area contributed by atoms with Crippen LogP contribution in [0.4, 0.5) is 5.69 Å². The Morgan fingerprint density at radius 1 is 1.03 bits per heavy atom. The molecule has 7 nitrogen and oxygen atoms in total. The number of aromatic nitrogens is 3. The number of carbonyl (C=O) groups excluding carboxylic acids is 2. The van der Waals surface area contributed by atoms with Gasteiger partial charge in [0.1, 0.15) is 0 Å². The standard InChI is InChI=1S/C25H30N4O3/c1-15(2)20-8-7-9-21(16(3)4)24(20)27-23(30)14-32-25(31)19-10-11-22(26-13-19)29-18(6)12-17(5)28-29/h7-13,15-16H,14H2,1-6H3,(H,27,30). The molecular weight excluding hydrogens is 404 g/mol. The van der Waals surface area contributed by atoms with Crippen LogP contribution in [0.5, 0.6) is 0 Å². The van der Waals surface area contributed by atoms with E-state index in [9.17, 15) is 9.59 Å². The molecular formula is C25H30N4O3. The number of amides is 1. The van der Waals surface area contributed by atoms with Crippen molar-refractivity contribution in [3.63, 3.8) is 0 Å². The molecule has 0 bridgehead atoms. The molecule has 1 aromatic carbocycles. The minimum atomic E-state index is -0.603. The number of para-hydroxylation sites is 1. The van der Waals surface area contributed by atoms with Crippen LogP contribution in [0, 0.1) is 13.8 Å². The Morgan fingerprint density at radius 2 is 1.69 bits per heavy atom. The summed E-state index contributed by atoms with van der Waals surface area (Å²) in [6.07, 6.45) is 1.43. The van der Waals surface area contributed by atoms with Gasteiger partial charge >= 0.3 is 5.97 Å². The number of hydrogen-bond donors (Lipinski definition) is 1. The smallest absolute Gasteiger partial charge is 0.340 e. The van der Waals surface area contributed by atoms with E-state index in [4.69, 9.17) is 4.74 Å². The lowest BCUT2D eigenvalue weighted by Gasteiger charge is -2.20. The van der Waals surface area contributed by atoms with Crippen molar-refractivity contribution in [1.82, 2.24) is 14.8 Å². The van der Waals surface area contributed by atoms with Gasteiger partial charge in [0.2, 0.25) is 0 Å².